The highest BCUT2D eigenvalue weighted by Crippen LogP contribution is 2.26. The van der Waals surface area contributed by atoms with E-state index in [9.17, 15) is 13.2 Å². The van der Waals surface area contributed by atoms with E-state index in [1.54, 1.807) is 0 Å². The van der Waals surface area contributed by atoms with Gasteiger partial charge in [-0.25, -0.2) is 13.2 Å². The smallest absolute Gasteiger partial charge is 0.339 e. The molecule has 1 aromatic heterocycles. The zero-order chi connectivity index (χ0) is 11.9. The van der Waals surface area contributed by atoms with Gasteiger partial charge >= 0.3 is 5.97 Å². The summed E-state index contributed by atoms with van der Waals surface area (Å²) in [5.41, 5.74) is -0.113. The molecular formula is C9H5ClO5S. The first kappa shape index (κ1) is 11.0. The third kappa shape index (κ3) is 1.77. The van der Waals surface area contributed by atoms with Gasteiger partial charge in [0.1, 0.15) is 11.1 Å². The molecule has 7 heteroatoms. The van der Waals surface area contributed by atoms with Gasteiger partial charge in [0.2, 0.25) is 0 Å². The Labute approximate surface area is 94.7 Å². The number of rotatable bonds is 2. The molecule has 84 valence electrons. The zero-order valence-corrected chi connectivity index (χ0v) is 9.25. The van der Waals surface area contributed by atoms with E-state index in [0.29, 0.717) is 5.39 Å². The molecule has 0 aliphatic carbocycles. The maximum absolute atomic E-state index is 11.1. The molecule has 0 saturated carbocycles. The Balaban J connectivity index is 2.87. The fourth-order valence-electron chi connectivity index (χ4n) is 1.35. The number of aromatic carboxylic acids is 1. The van der Waals surface area contributed by atoms with Crippen molar-refractivity contribution in [3.8, 4) is 0 Å². The Kier molecular flexibility index (Phi) is 2.40. The van der Waals surface area contributed by atoms with Gasteiger partial charge in [0, 0.05) is 16.1 Å². The lowest BCUT2D eigenvalue weighted by atomic mass is 10.1. The molecule has 2 aromatic rings. The van der Waals surface area contributed by atoms with Crippen molar-refractivity contribution < 1.29 is 22.7 Å². The molecule has 0 bridgehead atoms. The van der Waals surface area contributed by atoms with Gasteiger partial charge in [-0.2, -0.15) is 0 Å². The number of carboxylic acid groups (broad SMARTS) is 1. The Hall–Kier alpha value is -1.53. The summed E-state index contributed by atoms with van der Waals surface area (Å²) < 4.78 is 27.2. The molecule has 0 saturated heterocycles. The van der Waals surface area contributed by atoms with E-state index < -0.39 is 15.0 Å². The Morgan fingerprint density at radius 2 is 2.06 bits per heavy atom. The summed E-state index contributed by atoms with van der Waals surface area (Å²) in [6.07, 6.45) is 1.28. The second-order valence-electron chi connectivity index (χ2n) is 3.05. The van der Waals surface area contributed by atoms with E-state index in [4.69, 9.17) is 20.2 Å². The molecule has 0 aliphatic heterocycles. The molecule has 16 heavy (non-hydrogen) atoms. The van der Waals surface area contributed by atoms with E-state index in [0.717, 1.165) is 6.07 Å². The van der Waals surface area contributed by atoms with Crippen molar-refractivity contribution in [3.05, 3.63) is 30.0 Å². The Morgan fingerprint density at radius 3 is 2.62 bits per heavy atom. The van der Waals surface area contributed by atoms with Gasteiger partial charge in [0.25, 0.3) is 9.05 Å². The van der Waals surface area contributed by atoms with Crippen molar-refractivity contribution in [1.29, 1.82) is 0 Å². The number of furan rings is 1. The Morgan fingerprint density at radius 1 is 1.38 bits per heavy atom. The molecule has 2 rings (SSSR count). The van der Waals surface area contributed by atoms with E-state index >= 15 is 0 Å². The number of halogens is 1. The number of carbonyl (C=O) groups is 1. The van der Waals surface area contributed by atoms with Gasteiger partial charge in [-0.3, -0.25) is 0 Å². The molecule has 1 heterocycles. The molecular weight excluding hydrogens is 256 g/mol. The van der Waals surface area contributed by atoms with Crippen LogP contribution in [0.15, 0.2) is 33.8 Å². The third-order valence-corrected chi connectivity index (χ3v) is 3.37. The highest BCUT2D eigenvalue weighted by molar-refractivity contribution is 8.13. The van der Waals surface area contributed by atoms with Crippen molar-refractivity contribution in [1.82, 2.24) is 0 Å². The first-order valence-electron chi connectivity index (χ1n) is 4.09. The van der Waals surface area contributed by atoms with Crippen molar-refractivity contribution >= 4 is 36.7 Å². The van der Waals surface area contributed by atoms with Crippen LogP contribution in [0.4, 0.5) is 0 Å². The number of hydrogen-bond donors (Lipinski definition) is 1. The molecule has 0 spiro atoms. The molecule has 5 nitrogen and oxygen atoms in total. The molecule has 1 aromatic carbocycles. The van der Waals surface area contributed by atoms with Gasteiger partial charge in [-0.1, -0.05) is 0 Å². The molecule has 1 N–H and O–H groups in total. The van der Waals surface area contributed by atoms with Crippen LogP contribution in [0.3, 0.4) is 0 Å². The molecule has 0 aliphatic rings. The maximum atomic E-state index is 11.1. The van der Waals surface area contributed by atoms with E-state index in [1.165, 1.54) is 18.4 Å². The van der Waals surface area contributed by atoms with E-state index in [2.05, 4.69) is 0 Å². The van der Waals surface area contributed by atoms with Crippen molar-refractivity contribution in [2.24, 2.45) is 0 Å². The minimum Gasteiger partial charge on any atom is -0.478 e. The summed E-state index contributed by atoms with van der Waals surface area (Å²) in [5.74, 6) is -1.28. The Bertz CT molecular complexity index is 670. The van der Waals surface area contributed by atoms with Crippen LogP contribution in [-0.2, 0) is 9.05 Å². The topological polar surface area (TPSA) is 84.6 Å². The molecule has 0 amide bonds. The summed E-state index contributed by atoms with van der Waals surface area (Å²) in [5, 5.41) is 9.27. The SMILES string of the molecule is O=C(O)c1cc(S(=O)(=O)Cl)cc2ccoc12. The monoisotopic (exact) mass is 260 g/mol. The first-order chi connectivity index (χ1) is 7.39. The van der Waals surface area contributed by atoms with Crippen LogP contribution in [-0.4, -0.2) is 19.5 Å². The van der Waals surface area contributed by atoms with E-state index in [1.807, 2.05) is 0 Å². The molecule has 0 unspecified atom stereocenters. The van der Waals surface area contributed by atoms with Crippen LogP contribution in [0.5, 0.6) is 0 Å². The summed E-state index contributed by atoms with van der Waals surface area (Å²) in [4.78, 5) is 10.6. The fourth-order valence-corrected chi connectivity index (χ4v) is 2.15. The largest absolute Gasteiger partial charge is 0.478 e. The minimum absolute atomic E-state index is 0.122. The van der Waals surface area contributed by atoms with Gasteiger partial charge in [0.15, 0.2) is 0 Å². The van der Waals surface area contributed by atoms with Crippen molar-refractivity contribution in [2.45, 2.75) is 4.90 Å². The molecule has 0 fully saturated rings. The normalized spacial score (nSPS) is 11.8. The summed E-state index contributed by atoms with van der Waals surface area (Å²) >= 11 is 0. The average molecular weight is 261 g/mol. The van der Waals surface area contributed by atoms with Gasteiger partial charge in [-0.05, 0) is 18.2 Å². The second kappa shape index (κ2) is 3.50. The lowest BCUT2D eigenvalue weighted by molar-refractivity contribution is 0.0697. The first-order valence-corrected chi connectivity index (χ1v) is 6.40. The highest BCUT2D eigenvalue weighted by atomic mass is 35.7. The number of hydrogen-bond acceptors (Lipinski definition) is 4. The van der Waals surface area contributed by atoms with Crippen LogP contribution in [0.1, 0.15) is 10.4 Å². The van der Waals surface area contributed by atoms with Gasteiger partial charge in [-0.15, -0.1) is 0 Å². The fraction of sp³-hybridized carbons (Fsp3) is 0. The predicted molar refractivity (Wildman–Crippen MR) is 56.2 cm³/mol. The standard InChI is InChI=1S/C9H5ClO5S/c10-16(13,14)6-3-5-1-2-15-8(5)7(4-6)9(11)12/h1-4H,(H,11,12). The summed E-state index contributed by atoms with van der Waals surface area (Å²) in [7, 11) is 1.19. The quantitative estimate of drug-likeness (QED) is 0.836. The van der Waals surface area contributed by atoms with Crippen LogP contribution < -0.4 is 0 Å². The molecule has 0 atom stereocenters. The van der Waals surface area contributed by atoms with Gasteiger partial charge < -0.3 is 9.52 Å². The lowest BCUT2D eigenvalue weighted by Crippen LogP contribution is -2.00. The molecule has 0 radical (unpaired) electrons. The third-order valence-electron chi connectivity index (χ3n) is 2.04. The number of fused-ring (bicyclic) bond motifs is 1. The van der Waals surface area contributed by atoms with Crippen LogP contribution >= 0.6 is 10.7 Å². The summed E-state index contributed by atoms with van der Waals surface area (Å²) in [6.45, 7) is 0. The predicted octanol–water partition coefficient (Wildman–Crippen LogP) is 2.06. The van der Waals surface area contributed by atoms with Crippen LogP contribution in [0, 0.1) is 0 Å². The second-order valence-corrected chi connectivity index (χ2v) is 5.62. The van der Waals surface area contributed by atoms with Crippen LogP contribution in [0.25, 0.3) is 11.0 Å². The van der Waals surface area contributed by atoms with Crippen molar-refractivity contribution in [3.63, 3.8) is 0 Å². The minimum atomic E-state index is -3.96. The van der Waals surface area contributed by atoms with Crippen LogP contribution in [0.2, 0.25) is 0 Å². The highest BCUT2D eigenvalue weighted by Gasteiger charge is 2.18. The summed E-state index contributed by atoms with van der Waals surface area (Å²) in [6, 6.07) is 3.69. The van der Waals surface area contributed by atoms with E-state index in [-0.39, 0.29) is 16.0 Å². The van der Waals surface area contributed by atoms with Gasteiger partial charge in [0.05, 0.1) is 11.2 Å². The maximum Gasteiger partial charge on any atom is 0.339 e. The number of carboxylic acids is 1. The lowest BCUT2D eigenvalue weighted by Gasteiger charge is -2.00. The van der Waals surface area contributed by atoms with Crippen molar-refractivity contribution in [2.75, 3.05) is 0 Å². The number of benzene rings is 1. The average Bonchev–Trinajstić information content (AvgIpc) is 2.61. The zero-order valence-electron chi connectivity index (χ0n) is 7.68.